The van der Waals surface area contributed by atoms with Crippen LogP contribution in [0, 0.1) is 5.92 Å². The first-order chi connectivity index (χ1) is 12.5. The fraction of sp³-hybridized carbons (Fsp3) is 0.350. The highest BCUT2D eigenvalue weighted by Crippen LogP contribution is 2.27. The van der Waals surface area contributed by atoms with Gasteiger partial charge in [0, 0.05) is 12.5 Å². The molecule has 6 nitrogen and oxygen atoms in total. The Kier molecular flexibility index (Phi) is 5.21. The van der Waals surface area contributed by atoms with E-state index in [0.717, 1.165) is 17.1 Å². The summed E-state index contributed by atoms with van der Waals surface area (Å²) in [4.78, 5) is 37.8. The Morgan fingerprint density at radius 1 is 1.08 bits per heavy atom. The number of hydrogen-bond acceptors (Lipinski definition) is 4. The summed E-state index contributed by atoms with van der Waals surface area (Å²) in [6, 6.07) is 10.4. The number of nitrogens with zero attached hydrogens (tertiary/aromatic N) is 1. The summed E-state index contributed by atoms with van der Waals surface area (Å²) in [7, 11) is 0. The Bertz CT molecular complexity index is 776. The van der Waals surface area contributed by atoms with Crippen LogP contribution in [-0.4, -0.2) is 35.7 Å². The molecule has 1 aromatic carbocycles. The number of carbonyl (C=O) groups is 3. The first kappa shape index (κ1) is 17.9. The number of hydrogen-bond donors (Lipinski definition) is 1. The summed E-state index contributed by atoms with van der Waals surface area (Å²) in [5.41, 5.74) is 0.700. The van der Waals surface area contributed by atoms with E-state index in [4.69, 9.17) is 4.42 Å². The molecule has 0 aliphatic carbocycles. The quantitative estimate of drug-likeness (QED) is 0.776. The lowest BCUT2D eigenvalue weighted by Gasteiger charge is -2.19. The van der Waals surface area contributed by atoms with E-state index in [9.17, 15) is 14.4 Å². The first-order valence-corrected chi connectivity index (χ1v) is 8.74. The lowest BCUT2D eigenvalue weighted by Crippen LogP contribution is -2.40. The van der Waals surface area contributed by atoms with Crippen molar-refractivity contribution in [3.05, 3.63) is 59.5 Å². The second-order valence-corrected chi connectivity index (χ2v) is 6.75. The molecule has 3 rings (SSSR count). The molecule has 0 saturated heterocycles. The molecule has 1 N–H and O–H groups in total. The SMILES string of the molecule is CC(C)[C@H](CCNC(=O)CN1C(=O)c2ccccc2C1=O)c1ccco1. The molecule has 136 valence electrons. The Morgan fingerprint density at radius 3 is 2.27 bits per heavy atom. The van der Waals surface area contributed by atoms with Crippen LogP contribution in [0.15, 0.2) is 47.1 Å². The van der Waals surface area contributed by atoms with E-state index >= 15 is 0 Å². The molecule has 0 unspecified atom stereocenters. The van der Waals surface area contributed by atoms with Crippen LogP contribution in [0.3, 0.4) is 0 Å². The van der Waals surface area contributed by atoms with Crippen molar-refractivity contribution in [1.82, 2.24) is 10.2 Å². The molecule has 26 heavy (non-hydrogen) atoms. The molecule has 6 heteroatoms. The number of carbonyl (C=O) groups excluding carboxylic acids is 3. The molecule has 2 aromatic rings. The molecule has 1 aliphatic rings. The zero-order valence-corrected chi connectivity index (χ0v) is 14.9. The van der Waals surface area contributed by atoms with Crippen molar-refractivity contribution in [3.8, 4) is 0 Å². The van der Waals surface area contributed by atoms with Crippen molar-refractivity contribution in [2.75, 3.05) is 13.1 Å². The van der Waals surface area contributed by atoms with Crippen LogP contribution in [0.2, 0.25) is 0 Å². The van der Waals surface area contributed by atoms with Gasteiger partial charge < -0.3 is 9.73 Å². The van der Waals surface area contributed by atoms with Gasteiger partial charge in [0.15, 0.2) is 0 Å². The summed E-state index contributed by atoms with van der Waals surface area (Å²) >= 11 is 0. The molecular weight excluding hydrogens is 332 g/mol. The standard InChI is InChI=1S/C20H22N2O4/c1-13(2)14(17-8-5-11-26-17)9-10-21-18(23)12-22-19(24)15-6-3-4-7-16(15)20(22)25/h3-8,11,13-14H,9-10,12H2,1-2H3,(H,21,23)/t14-/m0/s1. The summed E-state index contributed by atoms with van der Waals surface area (Å²) in [5, 5.41) is 2.80. The molecule has 0 saturated carbocycles. The minimum absolute atomic E-state index is 0.199. The van der Waals surface area contributed by atoms with Crippen LogP contribution in [0.25, 0.3) is 0 Å². The maximum atomic E-state index is 12.3. The number of amides is 3. The average Bonchev–Trinajstić information content (AvgIpc) is 3.22. The van der Waals surface area contributed by atoms with E-state index in [1.807, 2.05) is 12.1 Å². The fourth-order valence-corrected chi connectivity index (χ4v) is 3.26. The molecule has 1 aromatic heterocycles. The molecule has 1 aliphatic heterocycles. The van der Waals surface area contributed by atoms with Gasteiger partial charge in [0.05, 0.1) is 17.4 Å². The smallest absolute Gasteiger partial charge is 0.262 e. The topological polar surface area (TPSA) is 79.6 Å². The van der Waals surface area contributed by atoms with Gasteiger partial charge in [-0.05, 0) is 36.6 Å². The second-order valence-electron chi connectivity index (χ2n) is 6.75. The number of fused-ring (bicyclic) bond motifs is 1. The zero-order chi connectivity index (χ0) is 18.7. The largest absolute Gasteiger partial charge is 0.469 e. The van der Waals surface area contributed by atoms with Gasteiger partial charge in [-0.15, -0.1) is 0 Å². The van der Waals surface area contributed by atoms with Crippen molar-refractivity contribution < 1.29 is 18.8 Å². The van der Waals surface area contributed by atoms with Gasteiger partial charge in [-0.1, -0.05) is 26.0 Å². The highest BCUT2D eigenvalue weighted by atomic mass is 16.3. The monoisotopic (exact) mass is 354 g/mol. The Balaban J connectivity index is 1.54. The lowest BCUT2D eigenvalue weighted by molar-refractivity contribution is -0.121. The summed E-state index contributed by atoms with van der Waals surface area (Å²) in [6.45, 7) is 4.40. The molecule has 2 heterocycles. The Morgan fingerprint density at radius 2 is 1.73 bits per heavy atom. The second kappa shape index (κ2) is 7.56. The molecule has 0 radical (unpaired) electrons. The van der Waals surface area contributed by atoms with E-state index in [-0.39, 0.29) is 18.4 Å². The number of rotatable bonds is 7. The van der Waals surface area contributed by atoms with Gasteiger partial charge in [0.25, 0.3) is 11.8 Å². The van der Waals surface area contributed by atoms with Crippen LogP contribution in [0.1, 0.15) is 52.7 Å². The average molecular weight is 354 g/mol. The Labute approximate surface area is 152 Å². The van der Waals surface area contributed by atoms with Crippen molar-refractivity contribution >= 4 is 17.7 Å². The van der Waals surface area contributed by atoms with Gasteiger partial charge in [0.2, 0.25) is 5.91 Å². The predicted octanol–water partition coefficient (Wildman–Crippen LogP) is 2.82. The van der Waals surface area contributed by atoms with Crippen molar-refractivity contribution in [1.29, 1.82) is 0 Å². The van der Waals surface area contributed by atoms with Gasteiger partial charge in [-0.2, -0.15) is 0 Å². The Hall–Kier alpha value is -2.89. The van der Waals surface area contributed by atoms with Gasteiger partial charge in [-0.3, -0.25) is 19.3 Å². The van der Waals surface area contributed by atoms with Gasteiger partial charge >= 0.3 is 0 Å². The molecule has 0 bridgehead atoms. The summed E-state index contributed by atoms with van der Waals surface area (Å²) < 4.78 is 5.48. The van der Waals surface area contributed by atoms with Crippen molar-refractivity contribution in [3.63, 3.8) is 0 Å². The van der Waals surface area contributed by atoms with E-state index in [0.29, 0.717) is 23.6 Å². The van der Waals surface area contributed by atoms with Gasteiger partial charge in [0.1, 0.15) is 12.3 Å². The van der Waals surface area contributed by atoms with Gasteiger partial charge in [-0.25, -0.2) is 0 Å². The summed E-state index contributed by atoms with van der Waals surface area (Å²) in [6.07, 6.45) is 2.37. The highest BCUT2D eigenvalue weighted by molar-refractivity contribution is 6.22. The minimum Gasteiger partial charge on any atom is -0.469 e. The minimum atomic E-state index is -0.420. The van der Waals surface area contributed by atoms with Crippen LogP contribution in [-0.2, 0) is 4.79 Å². The third kappa shape index (κ3) is 3.54. The number of benzene rings is 1. The van der Waals surface area contributed by atoms with Crippen LogP contribution >= 0.6 is 0 Å². The predicted molar refractivity (Wildman–Crippen MR) is 95.7 cm³/mol. The number of nitrogens with one attached hydrogen (secondary N) is 1. The third-order valence-electron chi connectivity index (χ3n) is 4.67. The molecule has 1 atom stereocenters. The van der Waals surface area contributed by atoms with E-state index in [1.54, 1.807) is 30.5 Å². The molecule has 0 fully saturated rings. The van der Waals surface area contributed by atoms with Crippen molar-refractivity contribution in [2.24, 2.45) is 5.92 Å². The fourth-order valence-electron chi connectivity index (χ4n) is 3.26. The van der Waals surface area contributed by atoms with E-state index < -0.39 is 11.8 Å². The highest BCUT2D eigenvalue weighted by Gasteiger charge is 2.36. The molecule has 0 spiro atoms. The van der Waals surface area contributed by atoms with Crippen LogP contribution in [0.5, 0.6) is 0 Å². The molecular formula is C20H22N2O4. The third-order valence-corrected chi connectivity index (χ3v) is 4.67. The zero-order valence-electron chi connectivity index (χ0n) is 14.9. The first-order valence-electron chi connectivity index (χ1n) is 8.74. The lowest BCUT2D eigenvalue weighted by atomic mass is 9.90. The molecule has 3 amide bonds. The van der Waals surface area contributed by atoms with E-state index in [1.165, 1.54) is 0 Å². The van der Waals surface area contributed by atoms with Crippen LogP contribution in [0.4, 0.5) is 0 Å². The van der Waals surface area contributed by atoms with Crippen LogP contribution < -0.4 is 5.32 Å². The normalized spacial score (nSPS) is 14.7. The number of imide groups is 1. The van der Waals surface area contributed by atoms with E-state index in [2.05, 4.69) is 19.2 Å². The van der Waals surface area contributed by atoms with Crippen molar-refractivity contribution in [2.45, 2.75) is 26.2 Å². The summed E-state index contributed by atoms with van der Waals surface area (Å²) in [5.74, 6) is 0.280. The maximum Gasteiger partial charge on any atom is 0.262 e. The maximum absolute atomic E-state index is 12.3. The number of furan rings is 1.